The maximum absolute atomic E-state index is 11.3. The van der Waals surface area contributed by atoms with Crippen LogP contribution in [0.25, 0.3) is 0 Å². The van der Waals surface area contributed by atoms with E-state index >= 15 is 0 Å². The molecule has 0 aliphatic rings. The first-order valence-electron chi connectivity index (χ1n) is 6.73. The number of nitro benzene ring substituents is 1. The molecule has 0 saturated heterocycles. The Morgan fingerprint density at radius 2 is 2.14 bits per heavy atom. The Hall–Kier alpha value is -2.31. The summed E-state index contributed by atoms with van der Waals surface area (Å²) in [6.45, 7) is 5.82. The van der Waals surface area contributed by atoms with E-state index in [0.29, 0.717) is 12.3 Å². The largest absolute Gasteiger partial charge is 0.487 e. The molecule has 1 rings (SSSR count). The van der Waals surface area contributed by atoms with Crippen LogP contribution in [0.5, 0.6) is 5.75 Å². The number of hydrogen-bond donors (Lipinski definition) is 2. The molecule has 0 fully saturated rings. The number of nitro groups is 1. The maximum atomic E-state index is 11.3. The molecule has 3 N–H and O–H groups in total. The second-order valence-electron chi connectivity index (χ2n) is 5.41. The molecular formula is C14H21N3O4. The van der Waals surface area contributed by atoms with Crippen LogP contribution in [0.1, 0.15) is 33.6 Å². The second kappa shape index (κ2) is 6.92. The van der Waals surface area contributed by atoms with Crippen LogP contribution in [0.3, 0.4) is 0 Å². The van der Waals surface area contributed by atoms with E-state index < -0.39 is 16.4 Å². The normalized spacial score (nSPS) is 11.0. The first-order chi connectivity index (χ1) is 9.76. The van der Waals surface area contributed by atoms with Crippen molar-refractivity contribution in [2.75, 3.05) is 11.9 Å². The van der Waals surface area contributed by atoms with Crippen molar-refractivity contribution < 1.29 is 14.5 Å². The van der Waals surface area contributed by atoms with Crippen LogP contribution >= 0.6 is 0 Å². The van der Waals surface area contributed by atoms with Gasteiger partial charge >= 0.3 is 5.69 Å². The number of benzene rings is 1. The molecule has 7 heteroatoms. The summed E-state index contributed by atoms with van der Waals surface area (Å²) in [5.41, 5.74) is 4.66. The summed E-state index contributed by atoms with van der Waals surface area (Å²) in [4.78, 5) is 21.9. The van der Waals surface area contributed by atoms with Gasteiger partial charge in [0.05, 0.1) is 11.5 Å². The minimum atomic E-state index is -0.694. The third kappa shape index (κ3) is 4.94. The van der Waals surface area contributed by atoms with Crippen LogP contribution in [0.4, 0.5) is 11.4 Å². The van der Waals surface area contributed by atoms with Gasteiger partial charge in [0.25, 0.3) is 0 Å². The van der Waals surface area contributed by atoms with E-state index in [9.17, 15) is 14.9 Å². The molecule has 21 heavy (non-hydrogen) atoms. The van der Waals surface area contributed by atoms with Crippen molar-refractivity contribution in [3.05, 3.63) is 28.3 Å². The van der Waals surface area contributed by atoms with E-state index in [1.165, 1.54) is 0 Å². The van der Waals surface area contributed by atoms with Crippen molar-refractivity contribution in [3.8, 4) is 5.75 Å². The molecule has 1 aromatic carbocycles. The van der Waals surface area contributed by atoms with Crippen LogP contribution in [0.15, 0.2) is 18.2 Å². The summed E-state index contributed by atoms with van der Waals surface area (Å²) in [5, 5.41) is 14.3. The topological polar surface area (TPSA) is 107 Å². The third-order valence-electron chi connectivity index (χ3n) is 2.73. The van der Waals surface area contributed by atoms with Gasteiger partial charge in [-0.15, -0.1) is 0 Å². The quantitative estimate of drug-likeness (QED) is 0.565. The van der Waals surface area contributed by atoms with Crippen molar-refractivity contribution in [2.45, 2.75) is 39.2 Å². The van der Waals surface area contributed by atoms with Crippen LogP contribution in [-0.4, -0.2) is 23.0 Å². The lowest BCUT2D eigenvalue weighted by Crippen LogP contribution is -2.36. The predicted octanol–water partition coefficient (Wildman–Crippen LogP) is 2.45. The highest BCUT2D eigenvalue weighted by molar-refractivity contribution is 5.76. The number of nitrogens with zero attached hydrogens (tertiary/aromatic N) is 1. The number of primary amides is 1. The molecule has 1 aromatic rings. The average Bonchev–Trinajstić information content (AvgIpc) is 2.33. The number of amides is 1. The van der Waals surface area contributed by atoms with E-state index in [0.717, 1.165) is 6.42 Å². The highest BCUT2D eigenvalue weighted by Gasteiger charge is 2.27. The molecule has 0 bridgehead atoms. The standard InChI is InChI=1S/C14H21N3O4/c1-4-8-21-11-7-5-6-10(13(11)17(19)20)16-14(2,3)9-12(15)18/h5-7,16H,4,8-9H2,1-3H3,(H2,15,18). The Balaban J connectivity index is 3.11. The molecule has 1 amide bonds. The van der Waals surface area contributed by atoms with Crippen molar-refractivity contribution >= 4 is 17.3 Å². The van der Waals surface area contributed by atoms with Crippen molar-refractivity contribution in [2.24, 2.45) is 5.73 Å². The Kier molecular flexibility index (Phi) is 5.52. The monoisotopic (exact) mass is 295 g/mol. The van der Waals surface area contributed by atoms with E-state index in [-0.39, 0.29) is 17.9 Å². The molecule has 0 saturated carbocycles. The summed E-state index contributed by atoms with van der Waals surface area (Å²) in [6, 6.07) is 4.81. The van der Waals surface area contributed by atoms with Gasteiger partial charge in [-0.25, -0.2) is 0 Å². The van der Waals surface area contributed by atoms with Crippen molar-refractivity contribution in [1.29, 1.82) is 0 Å². The van der Waals surface area contributed by atoms with Gasteiger partial charge in [0, 0.05) is 12.0 Å². The van der Waals surface area contributed by atoms with Gasteiger partial charge in [0.15, 0.2) is 5.75 Å². The summed E-state index contributed by atoms with van der Waals surface area (Å²) in [7, 11) is 0. The van der Waals surface area contributed by atoms with Gasteiger partial charge in [-0.2, -0.15) is 0 Å². The smallest absolute Gasteiger partial charge is 0.333 e. The summed E-state index contributed by atoms with van der Waals surface area (Å²) >= 11 is 0. The molecule has 0 atom stereocenters. The number of nitrogens with two attached hydrogens (primary N) is 1. The number of rotatable bonds is 8. The van der Waals surface area contributed by atoms with Gasteiger partial charge in [-0.05, 0) is 32.4 Å². The van der Waals surface area contributed by atoms with Gasteiger partial charge in [0.1, 0.15) is 5.69 Å². The number of para-hydroxylation sites is 1. The average molecular weight is 295 g/mol. The van der Waals surface area contributed by atoms with E-state index in [2.05, 4.69) is 5.32 Å². The Bertz CT molecular complexity index is 529. The zero-order chi connectivity index (χ0) is 16.0. The Morgan fingerprint density at radius 1 is 1.48 bits per heavy atom. The van der Waals surface area contributed by atoms with Crippen LogP contribution in [0.2, 0.25) is 0 Å². The highest BCUT2D eigenvalue weighted by Crippen LogP contribution is 2.36. The minimum Gasteiger partial charge on any atom is -0.487 e. The summed E-state index contributed by atoms with van der Waals surface area (Å²) in [5.74, 6) is -0.268. The number of hydrogen-bond acceptors (Lipinski definition) is 5. The second-order valence-corrected chi connectivity index (χ2v) is 5.41. The molecule has 7 nitrogen and oxygen atoms in total. The summed E-state index contributed by atoms with van der Waals surface area (Å²) < 4.78 is 5.41. The van der Waals surface area contributed by atoms with E-state index in [1.807, 2.05) is 6.92 Å². The molecule has 0 aliphatic heterocycles. The first kappa shape index (κ1) is 16.7. The molecule has 0 unspecified atom stereocenters. The fourth-order valence-electron chi connectivity index (χ4n) is 1.98. The van der Waals surface area contributed by atoms with Crippen LogP contribution in [-0.2, 0) is 4.79 Å². The molecule has 0 aliphatic carbocycles. The van der Waals surface area contributed by atoms with Gasteiger partial charge in [-0.3, -0.25) is 14.9 Å². The molecule has 0 aromatic heterocycles. The SMILES string of the molecule is CCCOc1cccc(NC(C)(C)CC(N)=O)c1[N+](=O)[O-]. The van der Waals surface area contributed by atoms with Gasteiger partial charge in [0.2, 0.25) is 5.91 Å². The maximum Gasteiger partial charge on any atom is 0.333 e. The Morgan fingerprint density at radius 3 is 2.67 bits per heavy atom. The Labute approximate surface area is 123 Å². The molecular weight excluding hydrogens is 274 g/mol. The predicted molar refractivity (Wildman–Crippen MR) is 80.4 cm³/mol. The molecule has 116 valence electrons. The van der Waals surface area contributed by atoms with E-state index in [4.69, 9.17) is 10.5 Å². The zero-order valence-corrected chi connectivity index (χ0v) is 12.5. The first-order valence-corrected chi connectivity index (χ1v) is 6.73. The minimum absolute atomic E-state index is 0.0597. The number of ether oxygens (including phenoxy) is 1. The van der Waals surface area contributed by atoms with Crippen LogP contribution < -0.4 is 15.8 Å². The lowest BCUT2D eigenvalue weighted by atomic mass is 9.99. The molecule has 0 spiro atoms. The molecule has 0 radical (unpaired) electrons. The fourth-order valence-corrected chi connectivity index (χ4v) is 1.98. The van der Waals surface area contributed by atoms with Gasteiger partial charge < -0.3 is 15.8 Å². The zero-order valence-electron chi connectivity index (χ0n) is 12.5. The molecule has 0 heterocycles. The van der Waals surface area contributed by atoms with Crippen molar-refractivity contribution in [3.63, 3.8) is 0 Å². The van der Waals surface area contributed by atoms with Gasteiger partial charge in [-0.1, -0.05) is 13.0 Å². The third-order valence-corrected chi connectivity index (χ3v) is 2.73. The number of anilines is 1. The number of carbonyl (C=O) groups excluding carboxylic acids is 1. The lowest BCUT2D eigenvalue weighted by Gasteiger charge is -2.26. The lowest BCUT2D eigenvalue weighted by molar-refractivity contribution is -0.385. The van der Waals surface area contributed by atoms with E-state index in [1.54, 1.807) is 32.0 Å². The highest BCUT2D eigenvalue weighted by atomic mass is 16.6. The number of nitrogens with one attached hydrogen (secondary N) is 1. The van der Waals surface area contributed by atoms with Crippen LogP contribution in [0, 0.1) is 10.1 Å². The van der Waals surface area contributed by atoms with Crippen molar-refractivity contribution in [1.82, 2.24) is 0 Å². The number of carbonyl (C=O) groups is 1. The fraction of sp³-hybridized carbons (Fsp3) is 0.500. The summed E-state index contributed by atoms with van der Waals surface area (Å²) in [6.07, 6.45) is 0.812.